The number of aliphatic hydroxyl groups excluding tert-OH is 1. The predicted octanol–water partition coefficient (Wildman–Crippen LogP) is 5.12. The largest absolute Gasteiger partial charge is 0.393 e. The number of hydrogen-bond donors (Lipinski definition) is 1. The van der Waals surface area contributed by atoms with Crippen LogP contribution < -0.4 is 0 Å². The summed E-state index contributed by atoms with van der Waals surface area (Å²) in [4.78, 5) is 0. The first kappa shape index (κ1) is 16.3. The molecular formula is C18H33FO. The van der Waals surface area contributed by atoms with Crippen molar-refractivity contribution in [2.75, 3.05) is 0 Å². The van der Waals surface area contributed by atoms with Gasteiger partial charge in [-0.05, 0) is 62.7 Å². The van der Waals surface area contributed by atoms with Crippen LogP contribution in [0.25, 0.3) is 0 Å². The molecule has 0 aromatic rings. The minimum Gasteiger partial charge on any atom is -0.393 e. The molecule has 2 rings (SSSR count). The van der Waals surface area contributed by atoms with E-state index in [9.17, 15) is 9.50 Å². The Balaban J connectivity index is 1.79. The highest BCUT2D eigenvalue weighted by molar-refractivity contribution is 4.87. The quantitative estimate of drug-likeness (QED) is 0.743. The van der Waals surface area contributed by atoms with Gasteiger partial charge < -0.3 is 5.11 Å². The molecule has 0 radical (unpaired) electrons. The topological polar surface area (TPSA) is 20.2 Å². The zero-order valence-corrected chi connectivity index (χ0v) is 13.4. The van der Waals surface area contributed by atoms with E-state index in [0.29, 0.717) is 11.8 Å². The van der Waals surface area contributed by atoms with Crippen LogP contribution in [0.5, 0.6) is 0 Å². The Morgan fingerprint density at radius 1 is 0.950 bits per heavy atom. The minimum absolute atomic E-state index is 0.242. The first-order valence-electron chi connectivity index (χ1n) is 8.90. The Hall–Kier alpha value is -0.110. The maximum absolute atomic E-state index is 14.6. The number of hydrogen-bond acceptors (Lipinski definition) is 1. The third kappa shape index (κ3) is 4.44. The van der Waals surface area contributed by atoms with Crippen molar-refractivity contribution < 1.29 is 9.50 Å². The second kappa shape index (κ2) is 7.77. The van der Waals surface area contributed by atoms with Crippen molar-refractivity contribution >= 4 is 0 Å². The van der Waals surface area contributed by atoms with Gasteiger partial charge in [0, 0.05) is 0 Å². The summed E-state index contributed by atoms with van der Waals surface area (Å²) in [7, 11) is 0. The van der Waals surface area contributed by atoms with Crippen LogP contribution in [-0.4, -0.2) is 17.4 Å². The van der Waals surface area contributed by atoms with E-state index in [-0.39, 0.29) is 12.0 Å². The summed E-state index contributed by atoms with van der Waals surface area (Å²) in [6.07, 6.45) is 10.9. The molecule has 1 N–H and O–H groups in total. The van der Waals surface area contributed by atoms with E-state index >= 15 is 0 Å². The molecule has 5 atom stereocenters. The van der Waals surface area contributed by atoms with Crippen LogP contribution in [0.3, 0.4) is 0 Å². The van der Waals surface area contributed by atoms with Crippen molar-refractivity contribution in [3.8, 4) is 0 Å². The van der Waals surface area contributed by atoms with E-state index in [4.69, 9.17) is 0 Å². The standard InChI is InChI=1S/C18H33FO/c1-13(8-9-14(2)20)17-11-10-16(12-18(17)19)15-6-4-3-5-7-15/h13-18,20H,3-12H2,1-2H3. The van der Waals surface area contributed by atoms with Gasteiger partial charge >= 0.3 is 0 Å². The van der Waals surface area contributed by atoms with Gasteiger partial charge in [-0.3, -0.25) is 0 Å². The van der Waals surface area contributed by atoms with Crippen LogP contribution in [0.4, 0.5) is 4.39 Å². The van der Waals surface area contributed by atoms with Gasteiger partial charge in [-0.15, -0.1) is 0 Å². The number of alkyl halides is 1. The van der Waals surface area contributed by atoms with Crippen molar-refractivity contribution in [1.29, 1.82) is 0 Å². The summed E-state index contributed by atoms with van der Waals surface area (Å²) >= 11 is 0. The summed E-state index contributed by atoms with van der Waals surface area (Å²) in [5.41, 5.74) is 0. The monoisotopic (exact) mass is 284 g/mol. The van der Waals surface area contributed by atoms with Gasteiger partial charge in [0.25, 0.3) is 0 Å². The molecule has 0 aliphatic heterocycles. The molecule has 20 heavy (non-hydrogen) atoms. The third-order valence-corrected chi connectivity index (χ3v) is 5.95. The maximum atomic E-state index is 14.6. The molecule has 118 valence electrons. The molecule has 5 unspecified atom stereocenters. The van der Waals surface area contributed by atoms with Crippen LogP contribution in [0.2, 0.25) is 0 Å². The second-order valence-corrected chi connectivity index (χ2v) is 7.55. The van der Waals surface area contributed by atoms with Crippen LogP contribution in [0, 0.1) is 23.7 Å². The van der Waals surface area contributed by atoms with Crippen molar-refractivity contribution in [3.63, 3.8) is 0 Å². The molecule has 0 amide bonds. The van der Waals surface area contributed by atoms with Crippen LogP contribution in [0.1, 0.15) is 78.1 Å². The molecule has 2 aliphatic carbocycles. The van der Waals surface area contributed by atoms with E-state index in [1.165, 1.54) is 38.5 Å². The summed E-state index contributed by atoms with van der Waals surface area (Å²) in [5, 5.41) is 9.38. The fourth-order valence-corrected chi connectivity index (χ4v) is 4.56. The molecule has 0 saturated heterocycles. The van der Waals surface area contributed by atoms with Crippen LogP contribution >= 0.6 is 0 Å². The first-order valence-corrected chi connectivity index (χ1v) is 8.90. The molecule has 1 nitrogen and oxygen atoms in total. The Kier molecular flexibility index (Phi) is 6.32. The van der Waals surface area contributed by atoms with Gasteiger partial charge in [0.1, 0.15) is 6.17 Å². The van der Waals surface area contributed by atoms with Crippen molar-refractivity contribution in [2.24, 2.45) is 23.7 Å². The van der Waals surface area contributed by atoms with E-state index in [0.717, 1.165) is 31.6 Å². The Morgan fingerprint density at radius 3 is 2.25 bits per heavy atom. The highest BCUT2D eigenvalue weighted by Gasteiger charge is 2.36. The highest BCUT2D eigenvalue weighted by Crippen LogP contribution is 2.43. The summed E-state index contributed by atoms with van der Waals surface area (Å²) in [6, 6.07) is 0. The lowest BCUT2D eigenvalue weighted by atomic mass is 9.67. The molecule has 0 aromatic heterocycles. The number of halogens is 1. The van der Waals surface area contributed by atoms with Crippen molar-refractivity contribution in [1.82, 2.24) is 0 Å². The van der Waals surface area contributed by atoms with Crippen molar-refractivity contribution in [2.45, 2.75) is 90.3 Å². The fourth-order valence-electron chi connectivity index (χ4n) is 4.56. The average molecular weight is 284 g/mol. The third-order valence-electron chi connectivity index (χ3n) is 5.95. The SMILES string of the molecule is CC(O)CCC(C)C1CCC(C2CCCCC2)CC1F. The van der Waals surface area contributed by atoms with Crippen LogP contribution in [0.15, 0.2) is 0 Å². The van der Waals surface area contributed by atoms with Gasteiger partial charge in [0.05, 0.1) is 6.10 Å². The van der Waals surface area contributed by atoms with Gasteiger partial charge in [0.2, 0.25) is 0 Å². The first-order chi connectivity index (χ1) is 9.58. The smallest absolute Gasteiger partial charge is 0.103 e. The Labute approximate surface area is 124 Å². The van der Waals surface area contributed by atoms with E-state index in [1.807, 2.05) is 6.92 Å². The van der Waals surface area contributed by atoms with Gasteiger partial charge in [-0.25, -0.2) is 4.39 Å². The van der Waals surface area contributed by atoms with E-state index in [1.54, 1.807) is 0 Å². The van der Waals surface area contributed by atoms with Crippen LogP contribution in [-0.2, 0) is 0 Å². The molecular weight excluding hydrogens is 251 g/mol. The Bertz CT molecular complexity index is 273. The maximum Gasteiger partial charge on any atom is 0.103 e. The summed E-state index contributed by atoms with van der Waals surface area (Å²) in [6.45, 7) is 4.01. The number of aliphatic hydroxyl groups is 1. The lowest BCUT2D eigenvalue weighted by Crippen LogP contribution is -2.34. The average Bonchev–Trinajstić information content (AvgIpc) is 2.45. The lowest BCUT2D eigenvalue weighted by molar-refractivity contribution is 0.0507. The molecule has 2 heteroatoms. The molecule has 0 aromatic carbocycles. The zero-order valence-electron chi connectivity index (χ0n) is 13.4. The second-order valence-electron chi connectivity index (χ2n) is 7.55. The summed E-state index contributed by atoms with van der Waals surface area (Å²) in [5.74, 6) is 2.14. The van der Waals surface area contributed by atoms with E-state index in [2.05, 4.69) is 6.92 Å². The molecule has 2 fully saturated rings. The number of rotatable bonds is 5. The molecule has 2 saturated carbocycles. The molecule has 0 heterocycles. The van der Waals surface area contributed by atoms with Gasteiger partial charge in [-0.2, -0.15) is 0 Å². The highest BCUT2D eigenvalue weighted by atomic mass is 19.1. The molecule has 0 spiro atoms. The summed E-state index contributed by atoms with van der Waals surface area (Å²) < 4.78 is 14.6. The minimum atomic E-state index is -0.598. The zero-order chi connectivity index (χ0) is 14.5. The fraction of sp³-hybridized carbons (Fsp3) is 1.00. The molecule has 0 bridgehead atoms. The van der Waals surface area contributed by atoms with Gasteiger partial charge in [0.15, 0.2) is 0 Å². The van der Waals surface area contributed by atoms with E-state index < -0.39 is 6.17 Å². The lowest BCUT2D eigenvalue weighted by Gasteiger charge is -2.39. The van der Waals surface area contributed by atoms with Gasteiger partial charge in [-0.1, -0.05) is 39.0 Å². The Morgan fingerprint density at radius 2 is 1.65 bits per heavy atom. The van der Waals surface area contributed by atoms with Crippen molar-refractivity contribution in [3.05, 3.63) is 0 Å². The normalized spacial score (nSPS) is 35.7. The predicted molar refractivity (Wildman–Crippen MR) is 82.4 cm³/mol. The molecule has 2 aliphatic rings.